The molecule has 2 N–H and O–H groups in total. The summed E-state index contributed by atoms with van der Waals surface area (Å²) in [5, 5.41) is 8.94. The van der Waals surface area contributed by atoms with Gasteiger partial charge >= 0.3 is 0 Å². The normalized spacial score (nSPS) is 10.6. The molecule has 0 fully saturated rings. The van der Waals surface area contributed by atoms with Gasteiger partial charge in [0.1, 0.15) is 11.6 Å². The highest BCUT2D eigenvalue weighted by Crippen LogP contribution is 2.18. The molecule has 98 valence electrons. The second-order valence-corrected chi connectivity index (χ2v) is 4.53. The zero-order valence-corrected chi connectivity index (χ0v) is 10.8. The van der Waals surface area contributed by atoms with Gasteiger partial charge in [-0.05, 0) is 23.8 Å². The topological polar surface area (TPSA) is 80.5 Å². The molecule has 0 radical (unpaired) electrons. The third-order valence-electron chi connectivity index (χ3n) is 3.16. The van der Waals surface area contributed by atoms with Crippen molar-refractivity contribution in [2.75, 3.05) is 5.73 Å². The molecule has 2 aromatic heterocycles. The summed E-state index contributed by atoms with van der Waals surface area (Å²) in [7, 11) is 0. The largest absolute Gasteiger partial charge is 0.384 e. The first-order valence-corrected chi connectivity index (χ1v) is 6.29. The van der Waals surface area contributed by atoms with E-state index < -0.39 is 0 Å². The summed E-state index contributed by atoms with van der Waals surface area (Å²) in [6.07, 6.45) is 2.04. The van der Waals surface area contributed by atoms with Crippen LogP contribution >= 0.6 is 0 Å². The van der Waals surface area contributed by atoms with Crippen molar-refractivity contribution in [3.63, 3.8) is 0 Å². The van der Waals surface area contributed by atoms with E-state index in [0.29, 0.717) is 12.4 Å². The summed E-state index contributed by atoms with van der Waals surface area (Å²) >= 11 is 0. The van der Waals surface area contributed by atoms with Crippen molar-refractivity contribution in [3.8, 4) is 6.07 Å². The van der Waals surface area contributed by atoms with Crippen LogP contribution in [-0.4, -0.2) is 14.5 Å². The Hall–Kier alpha value is -2.87. The molecule has 0 aliphatic carbocycles. The van der Waals surface area contributed by atoms with Gasteiger partial charge in [0, 0.05) is 6.20 Å². The molecule has 2 heterocycles. The summed E-state index contributed by atoms with van der Waals surface area (Å²) in [5.74, 6) is 1.27. The first kappa shape index (κ1) is 12.2. The van der Waals surface area contributed by atoms with Crippen LogP contribution < -0.4 is 5.73 Å². The predicted octanol–water partition coefficient (Wildman–Crippen LogP) is 2.13. The van der Waals surface area contributed by atoms with Crippen LogP contribution in [0.2, 0.25) is 0 Å². The van der Waals surface area contributed by atoms with E-state index in [2.05, 4.69) is 16.0 Å². The molecule has 0 bridgehead atoms. The maximum absolute atomic E-state index is 8.94. The van der Waals surface area contributed by atoms with Gasteiger partial charge in [-0.25, -0.2) is 9.97 Å². The summed E-state index contributed by atoms with van der Waals surface area (Å²) in [6.45, 7) is 0.630. The number of nitrogens with two attached hydrogens (primary N) is 1. The van der Waals surface area contributed by atoms with Crippen molar-refractivity contribution < 1.29 is 0 Å². The lowest BCUT2D eigenvalue weighted by atomic mass is 10.2. The Kier molecular flexibility index (Phi) is 3.05. The highest BCUT2D eigenvalue weighted by molar-refractivity contribution is 5.76. The van der Waals surface area contributed by atoms with Crippen LogP contribution in [0.4, 0.5) is 5.82 Å². The van der Waals surface area contributed by atoms with Gasteiger partial charge in [0.25, 0.3) is 0 Å². The molecule has 0 spiro atoms. The molecule has 5 nitrogen and oxygen atoms in total. The van der Waals surface area contributed by atoms with E-state index in [-0.39, 0.29) is 6.42 Å². The third-order valence-corrected chi connectivity index (χ3v) is 3.16. The Morgan fingerprint density at radius 3 is 2.80 bits per heavy atom. The van der Waals surface area contributed by atoms with Crippen LogP contribution in [0.15, 0.2) is 42.6 Å². The molecule has 0 saturated heterocycles. The quantitative estimate of drug-likeness (QED) is 0.785. The second kappa shape index (κ2) is 5.02. The van der Waals surface area contributed by atoms with E-state index >= 15 is 0 Å². The fraction of sp³-hybridized carbons (Fsp3) is 0.133. The van der Waals surface area contributed by atoms with Gasteiger partial charge in [0.2, 0.25) is 0 Å². The number of nitrogen functional groups attached to an aromatic ring is 1. The van der Waals surface area contributed by atoms with Crippen LogP contribution in [0.5, 0.6) is 0 Å². The number of para-hydroxylation sites is 2. The average molecular weight is 263 g/mol. The Labute approximate surface area is 116 Å². The first-order chi connectivity index (χ1) is 9.78. The summed E-state index contributed by atoms with van der Waals surface area (Å²) < 4.78 is 2.05. The standard InChI is InChI=1S/C15H13N5/c16-8-7-15-19-12-3-1-2-4-13(12)20(15)10-11-5-6-14(17)18-9-11/h1-6,9H,7,10H2,(H2,17,18). The number of pyridine rings is 1. The molecule has 0 aliphatic rings. The summed E-state index contributed by atoms with van der Waals surface area (Å²) in [6, 6.07) is 13.8. The van der Waals surface area contributed by atoms with Gasteiger partial charge in [-0.1, -0.05) is 18.2 Å². The SMILES string of the molecule is N#CCc1nc2ccccc2n1Cc1ccc(N)nc1. The highest BCUT2D eigenvalue weighted by atomic mass is 15.1. The van der Waals surface area contributed by atoms with E-state index in [1.807, 2.05) is 34.9 Å². The molecule has 0 saturated carbocycles. The summed E-state index contributed by atoms with van der Waals surface area (Å²) in [5.41, 5.74) is 8.55. The fourth-order valence-electron chi connectivity index (χ4n) is 2.22. The number of rotatable bonds is 3. The number of benzene rings is 1. The van der Waals surface area contributed by atoms with Gasteiger partial charge < -0.3 is 10.3 Å². The molecule has 0 amide bonds. The molecule has 0 atom stereocenters. The number of hydrogen-bond acceptors (Lipinski definition) is 4. The van der Waals surface area contributed by atoms with Crippen LogP contribution in [-0.2, 0) is 13.0 Å². The minimum absolute atomic E-state index is 0.289. The molecule has 0 unspecified atom stereocenters. The Balaban J connectivity index is 2.06. The molecular weight excluding hydrogens is 250 g/mol. The number of nitriles is 1. The molecule has 3 rings (SSSR count). The fourth-order valence-corrected chi connectivity index (χ4v) is 2.22. The van der Waals surface area contributed by atoms with E-state index in [1.54, 1.807) is 12.3 Å². The minimum atomic E-state index is 0.289. The molecular formula is C15H13N5. The predicted molar refractivity (Wildman–Crippen MR) is 76.8 cm³/mol. The van der Waals surface area contributed by atoms with E-state index in [1.165, 1.54) is 0 Å². The molecule has 20 heavy (non-hydrogen) atoms. The highest BCUT2D eigenvalue weighted by Gasteiger charge is 2.10. The maximum atomic E-state index is 8.94. The van der Waals surface area contributed by atoms with Gasteiger partial charge in [-0.3, -0.25) is 0 Å². The number of imidazole rings is 1. The maximum Gasteiger partial charge on any atom is 0.124 e. The van der Waals surface area contributed by atoms with Crippen LogP contribution in [0, 0.1) is 11.3 Å². The second-order valence-electron chi connectivity index (χ2n) is 4.53. The molecule has 0 aliphatic heterocycles. The number of anilines is 1. The Morgan fingerprint density at radius 2 is 2.05 bits per heavy atom. The smallest absolute Gasteiger partial charge is 0.124 e. The van der Waals surface area contributed by atoms with E-state index in [4.69, 9.17) is 11.0 Å². The van der Waals surface area contributed by atoms with Crippen molar-refractivity contribution in [1.82, 2.24) is 14.5 Å². The molecule has 5 heteroatoms. The monoisotopic (exact) mass is 263 g/mol. The zero-order chi connectivity index (χ0) is 13.9. The number of hydrogen-bond donors (Lipinski definition) is 1. The van der Waals surface area contributed by atoms with Crippen LogP contribution in [0.3, 0.4) is 0 Å². The van der Waals surface area contributed by atoms with Crippen LogP contribution in [0.25, 0.3) is 11.0 Å². The van der Waals surface area contributed by atoms with Gasteiger partial charge in [-0.2, -0.15) is 5.26 Å². The Morgan fingerprint density at radius 1 is 1.20 bits per heavy atom. The molecule has 3 aromatic rings. The van der Waals surface area contributed by atoms with Crippen molar-refractivity contribution in [1.29, 1.82) is 5.26 Å². The lowest BCUT2D eigenvalue weighted by Crippen LogP contribution is -2.05. The minimum Gasteiger partial charge on any atom is -0.384 e. The first-order valence-electron chi connectivity index (χ1n) is 6.29. The van der Waals surface area contributed by atoms with Crippen molar-refractivity contribution >= 4 is 16.9 Å². The van der Waals surface area contributed by atoms with Gasteiger partial charge in [0.05, 0.1) is 30.1 Å². The van der Waals surface area contributed by atoms with Gasteiger partial charge in [-0.15, -0.1) is 0 Å². The average Bonchev–Trinajstić information content (AvgIpc) is 2.80. The lowest BCUT2D eigenvalue weighted by molar-refractivity contribution is 0.767. The molecule has 1 aromatic carbocycles. The summed E-state index contributed by atoms with van der Waals surface area (Å²) in [4.78, 5) is 8.61. The van der Waals surface area contributed by atoms with Gasteiger partial charge in [0.15, 0.2) is 0 Å². The van der Waals surface area contributed by atoms with E-state index in [0.717, 1.165) is 22.4 Å². The van der Waals surface area contributed by atoms with Crippen molar-refractivity contribution in [2.45, 2.75) is 13.0 Å². The van der Waals surface area contributed by atoms with Crippen molar-refractivity contribution in [3.05, 3.63) is 54.0 Å². The third kappa shape index (κ3) is 2.19. The number of aromatic nitrogens is 3. The van der Waals surface area contributed by atoms with Crippen LogP contribution in [0.1, 0.15) is 11.4 Å². The lowest BCUT2D eigenvalue weighted by Gasteiger charge is -2.07. The number of nitrogens with zero attached hydrogens (tertiary/aromatic N) is 4. The Bertz CT molecular complexity index is 780. The van der Waals surface area contributed by atoms with E-state index in [9.17, 15) is 0 Å². The zero-order valence-electron chi connectivity index (χ0n) is 10.8. The van der Waals surface area contributed by atoms with Crippen molar-refractivity contribution in [2.24, 2.45) is 0 Å². The number of fused-ring (bicyclic) bond motifs is 1.